The zero-order valence-electron chi connectivity index (χ0n) is 19.6. The molecular weight excluding hydrogens is 495 g/mol. The molecule has 0 aliphatic heterocycles. The minimum absolute atomic E-state index is 0.109. The van der Waals surface area contributed by atoms with Crippen LogP contribution in [0.15, 0.2) is 91.0 Å². The standard InChI is InChI=1S/C28H24Cl2N4O2/c1-2-33(28(36)16-13-20-9-5-3-6-10-20)19-27(35)31-26-18-25(21-11-7-4-8-12-21)32-34(26)22-14-15-23(29)24(30)17-22/h3-18H,2,19H2,1H3,(H,31,35)/b16-13+. The molecule has 0 atom stereocenters. The zero-order chi connectivity index (χ0) is 25.5. The van der Waals surface area contributed by atoms with Crippen molar-refractivity contribution in [3.63, 3.8) is 0 Å². The van der Waals surface area contributed by atoms with Crippen molar-refractivity contribution in [1.82, 2.24) is 14.7 Å². The first-order valence-electron chi connectivity index (χ1n) is 11.4. The van der Waals surface area contributed by atoms with Gasteiger partial charge in [-0.3, -0.25) is 9.59 Å². The Balaban J connectivity index is 1.55. The summed E-state index contributed by atoms with van der Waals surface area (Å²) in [5.74, 6) is -0.154. The number of likely N-dealkylation sites (N-methyl/N-ethyl adjacent to an activating group) is 1. The number of carbonyl (C=O) groups is 2. The van der Waals surface area contributed by atoms with Gasteiger partial charge in [0.1, 0.15) is 12.4 Å². The van der Waals surface area contributed by atoms with Crippen LogP contribution in [0.1, 0.15) is 12.5 Å². The van der Waals surface area contributed by atoms with Crippen molar-refractivity contribution >= 4 is 46.9 Å². The van der Waals surface area contributed by atoms with E-state index in [4.69, 9.17) is 23.2 Å². The summed E-state index contributed by atoms with van der Waals surface area (Å²) in [7, 11) is 0. The van der Waals surface area contributed by atoms with Crippen LogP contribution in [-0.2, 0) is 9.59 Å². The molecule has 182 valence electrons. The van der Waals surface area contributed by atoms with E-state index in [0.29, 0.717) is 33.8 Å². The second-order valence-electron chi connectivity index (χ2n) is 7.94. The minimum Gasteiger partial charge on any atom is -0.330 e. The number of hydrogen-bond donors (Lipinski definition) is 1. The maximum atomic E-state index is 13.0. The number of nitrogens with one attached hydrogen (secondary N) is 1. The number of carbonyl (C=O) groups excluding carboxylic acids is 2. The molecule has 0 aliphatic rings. The van der Waals surface area contributed by atoms with Gasteiger partial charge in [0.25, 0.3) is 0 Å². The van der Waals surface area contributed by atoms with E-state index in [-0.39, 0.29) is 18.4 Å². The number of anilines is 1. The average molecular weight is 519 g/mol. The van der Waals surface area contributed by atoms with Gasteiger partial charge in [-0.2, -0.15) is 5.10 Å². The molecule has 8 heteroatoms. The lowest BCUT2D eigenvalue weighted by Crippen LogP contribution is -2.37. The van der Waals surface area contributed by atoms with Gasteiger partial charge in [-0.15, -0.1) is 0 Å². The maximum Gasteiger partial charge on any atom is 0.247 e. The third-order valence-corrected chi connectivity index (χ3v) is 6.18. The lowest BCUT2D eigenvalue weighted by molar-refractivity contribution is -0.130. The summed E-state index contributed by atoms with van der Waals surface area (Å²) in [6.07, 6.45) is 3.20. The van der Waals surface area contributed by atoms with E-state index in [1.54, 1.807) is 35.0 Å². The number of aromatic nitrogens is 2. The van der Waals surface area contributed by atoms with Crippen molar-refractivity contribution in [2.24, 2.45) is 0 Å². The monoisotopic (exact) mass is 518 g/mol. The van der Waals surface area contributed by atoms with Crippen molar-refractivity contribution in [3.8, 4) is 16.9 Å². The van der Waals surface area contributed by atoms with Crippen molar-refractivity contribution in [1.29, 1.82) is 0 Å². The fourth-order valence-corrected chi connectivity index (χ4v) is 3.86. The molecule has 6 nitrogen and oxygen atoms in total. The van der Waals surface area contributed by atoms with Crippen molar-refractivity contribution in [2.45, 2.75) is 6.92 Å². The van der Waals surface area contributed by atoms with Crippen molar-refractivity contribution in [3.05, 3.63) is 107 Å². The van der Waals surface area contributed by atoms with Gasteiger partial charge in [-0.25, -0.2) is 4.68 Å². The first-order chi connectivity index (χ1) is 17.4. The number of hydrogen-bond acceptors (Lipinski definition) is 3. The first kappa shape index (κ1) is 25.2. The van der Waals surface area contributed by atoms with Crippen LogP contribution in [0.4, 0.5) is 5.82 Å². The normalized spacial score (nSPS) is 11.0. The molecule has 0 aliphatic carbocycles. The maximum absolute atomic E-state index is 13.0. The van der Waals surface area contributed by atoms with E-state index in [9.17, 15) is 9.59 Å². The zero-order valence-corrected chi connectivity index (χ0v) is 21.1. The van der Waals surface area contributed by atoms with Crippen LogP contribution < -0.4 is 5.32 Å². The Labute approximate surface area is 219 Å². The van der Waals surface area contributed by atoms with Crippen LogP contribution in [0, 0.1) is 0 Å². The molecule has 3 aromatic carbocycles. The summed E-state index contributed by atoms with van der Waals surface area (Å²) in [6, 6.07) is 26.0. The summed E-state index contributed by atoms with van der Waals surface area (Å²) in [5.41, 5.74) is 3.11. The number of nitrogens with zero attached hydrogens (tertiary/aromatic N) is 3. The predicted molar refractivity (Wildman–Crippen MR) is 145 cm³/mol. The number of rotatable bonds is 8. The quantitative estimate of drug-likeness (QED) is 0.276. The molecule has 36 heavy (non-hydrogen) atoms. The summed E-state index contributed by atoms with van der Waals surface area (Å²) in [4.78, 5) is 27.2. The van der Waals surface area contributed by atoms with Crippen LogP contribution in [0.3, 0.4) is 0 Å². The Bertz CT molecular complexity index is 1390. The Hall–Kier alpha value is -3.87. The van der Waals surface area contributed by atoms with E-state index < -0.39 is 0 Å². The highest BCUT2D eigenvalue weighted by Gasteiger charge is 2.18. The van der Waals surface area contributed by atoms with Gasteiger partial charge in [0, 0.05) is 24.3 Å². The lowest BCUT2D eigenvalue weighted by atomic mass is 10.1. The number of benzene rings is 3. The smallest absolute Gasteiger partial charge is 0.247 e. The average Bonchev–Trinajstić information content (AvgIpc) is 3.32. The second-order valence-corrected chi connectivity index (χ2v) is 8.75. The van der Waals surface area contributed by atoms with Gasteiger partial charge in [0.2, 0.25) is 11.8 Å². The molecule has 0 saturated carbocycles. The molecule has 1 heterocycles. The molecule has 2 amide bonds. The molecule has 0 unspecified atom stereocenters. The highest BCUT2D eigenvalue weighted by molar-refractivity contribution is 6.42. The largest absolute Gasteiger partial charge is 0.330 e. The second kappa shape index (κ2) is 11.7. The van der Waals surface area contributed by atoms with E-state index in [1.807, 2.05) is 67.6 Å². The van der Waals surface area contributed by atoms with Crippen molar-refractivity contribution in [2.75, 3.05) is 18.4 Å². The molecular formula is C28H24Cl2N4O2. The minimum atomic E-state index is -0.348. The van der Waals surface area contributed by atoms with Gasteiger partial charge in [0.05, 0.1) is 21.4 Å². The molecule has 0 spiro atoms. The van der Waals surface area contributed by atoms with Crippen molar-refractivity contribution < 1.29 is 9.59 Å². The molecule has 0 radical (unpaired) electrons. The highest BCUT2D eigenvalue weighted by Crippen LogP contribution is 2.29. The summed E-state index contributed by atoms with van der Waals surface area (Å²) in [6.45, 7) is 2.10. The molecule has 0 saturated heterocycles. The molecule has 4 aromatic rings. The van der Waals surface area contributed by atoms with Crippen LogP contribution in [0.25, 0.3) is 23.0 Å². The van der Waals surface area contributed by atoms with Gasteiger partial charge >= 0.3 is 0 Å². The Morgan fingerprint density at radius 1 is 0.944 bits per heavy atom. The Morgan fingerprint density at radius 2 is 1.64 bits per heavy atom. The topological polar surface area (TPSA) is 67.2 Å². The lowest BCUT2D eigenvalue weighted by Gasteiger charge is -2.19. The van der Waals surface area contributed by atoms with Gasteiger partial charge < -0.3 is 10.2 Å². The van der Waals surface area contributed by atoms with Crippen LogP contribution in [-0.4, -0.2) is 39.6 Å². The molecule has 0 bridgehead atoms. The Kier molecular flexibility index (Phi) is 8.21. The van der Waals surface area contributed by atoms with E-state index in [1.165, 1.54) is 11.0 Å². The SMILES string of the molecule is CCN(CC(=O)Nc1cc(-c2ccccc2)nn1-c1ccc(Cl)c(Cl)c1)C(=O)/C=C/c1ccccc1. The van der Waals surface area contributed by atoms with E-state index in [2.05, 4.69) is 10.4 Å². The molecule has 0 fully saturated rings. The Morgan fingerprint density at radius 3 is 2.31 bits per heavy atom. The third-order valence-electron chi connectivity index (χ3n) is 5.44. The van der Waals surface area contributed by atoms with E-state index >= 15 is 0 Å². The van der Waals surface area contributed by atoms with Crippen LogP contribution >= 0.6 is 23.2 Å². The summed E-state index contributed by atoms with van der Waals surface area (Å²) in [5, 5.41) is 8.36. The molecule has 1 N–H and O–H groups in total. The summed E-state index contributed by atoms with van der Waals surface area (Å²) >= 11 is 12.3. The summed E-state index contributed by atoms with van der Waals surface area (Å²) < 4.78 is 1.59. The number of halogens is 2. The van der Waals surface area contributed by atoms with E-state index in [0.717, 1.165) is 11.1 Å². The fraction of sp³-hybridized carbons (Fsp3) is 0.107. The van der Waals surface area contributed by atoms with Crippen LogP contribution in [0.5, 0.6) is 0 Å². The first-order valence-corrected chi connectivity index (χ1v) is 12.1. The van der Waals surface area contributed by atoms with Gasteiger partial charge in [-0.05, 0) is 36.8 Å². The fourth-order valence-electron chi connectivity index (χ4n) is 3.57. The molecule has 4 rings (SSSR count). The predicted octanol–water partition coefficient (Wildman–Crippen LogP) is 6.35. The van der Waals surface area contributed by atoms with Crippen LogP contribution in [0.2, 0.25) is 10.0 Å². The molecule has 1 aromatic heterocycles. The number of amides is 2. The highest BCUT2D eigenvalue weighted by atomic mass is 35.5. The third kappa shape index (κ3) is 6.22. The van der Waals surface area contributed by atoms with Gasteiger partial charge in [0.15, 0.2) is 0 Å². The van der Waals surface area contributed by atoms with Gasteiger partial charge in [-0.1, -0.05) is 83.9 Å².